The van der Waals surface area contributed by atoms with Gasteiger partial charge in [-0.05, 0) is 135 Å². The number of nitrogens with zero attached hydrogens (tertiary/aromatic N) is 6. The molecule has 120 heavy (non-hydrogen) atoms. The van der Waals surface area contributed by atoms with Crippen LogP contribution in [0.2, 0.25) is 0 Å². The number of benzene rings is 8. The monoisotopic (exact) mass is 1730 g/mol. The first kappa shape index (κ1) is 83.9. The molecule has 0 saturated heterocycles. The molecule has 8 aromatic carbocycles. The van der Waals surface area contributed by atoms with Crippen LogP contribution < -0.4 is 0 Å². The lowest BCUT2D eigenvalue weighted by Crippen LogP contribution is -1.97. The van der Waals surface area contributed by atoms with E-state index in [1.54, 1.807) is 42.4 Å². The van der Waals surface area contributed by atoms with E-state index in [-0.39, 0.29) is 0 Å². The Hall–Kier alpha value is -6.98. The smallest absolute Gasteiger partial charge is 0.114 e. The lowest BCUT2D eigenvalue weighted by Gasteiger charge is -2.09. The van der Waals surface area contributed by atoms with Gasteiger partial charge >= 0.3 is 0 Å². The van der Waals surface area contributed by atoms with E-state index in [0.717, 1.165) is 72.0 Å². The first-order valence-electron chi connectivity index (χ1n) is 47.1. The van der Waals surface area contributed by atoms with Crippen LogP contribution in [0.3, 0.4) is 0 Å². The minimum atomic E-state index is 1.01. The zero-order valence-electron chi connectivity index (χ0n) is 72.2. The van der Waals surface area contributed by atoms with Crippen molar-refractivity contribution in [3.8, 4) is 43.1 Å². The molecule has 0 fully saturated rings. The highest BCUT2D eigenvalue weighted by molar-refractivity contribution is 7.41. The molecule has 0 unspecified atom stereocenters. The summed E-state index contributed by atoms with van der Waals surface area (Å²) in [6, 6.07) is 47.5. The molecule has 0 aliphatic rings. The van der Waals surface area contributed by atoms with Gasteiger partial charge in [0.2, 0.25) is 0 Å². The maximum Gasteiger partial charge on any atom is 0.114 e. The van der Waals surface area contributed by atoms with Gasteiger partial charge < -0.3 is 9.13 Å². The summed E-state index contributed by atoms with van der Waals surface area (Å²) in [5.41, 5.74) is 19.9. The first-order valence-corrected chi connectivity index (χ1v) is 53.5. The second kappa shape index (κ2) is 39.5. The summed E-state index contributed by atoms with van der Waals surface area (Å²) in [4.78, 5) is 5.91. The van der Waals surface area contributed by atoms with Crippen LogP contribution in [0.1, 0.15) is 294 Å². The van der Waals surface area contributed by atoms with Crippen molar-refractivity contribution in [1.82, 2.24) is 26.6 Å². The Morgan fingerprint density at radius 2 is 0.558 bits per heavy atom. The van der Waals surface area contributed by atoms with Crippen molar-refractivity contribution in [1.29, 1.82) is 0 Å². The van der Waals surface area contributed by atoms with E-state index >= 15 is 0 Å². The maximum absolute atomic E-state index is 5.31. The summed E-state index contributed by atoms with van der Waals surface area (Å²) < 4.78 is 38.3. The van der Waals surface area contributed by atoms with Crippen LogP contribution in [0.25, 0.3) is 179 Å². The third-order valence-electron chi connectivity index (χ3n) is 26.6. The molecule has 0 saturated carbocycles. The molecule has 0 aliphatic heterocycles. The molecule has 18 rings (SSSR count). The summed E-state index contributed by atoms with van der Waals surface area (Å²) in [6.45, 7) is 16.1. The number of hydrogen-bond donors (Lipinski definition) is 0. The number of hydrogen-bond acceptors (Lipinski definition) is 12. The molecule has 0 atom stereocenters. The number of unbranched alkanes of at least 4 members (excludes halogenated alkanes) is 30. The van der Waals surface area contributed by atoms with Crippen LogP contribution in [0.4, 0.5) is 0 Å². The van der Waals surface area contributed by atoms with E-state index in [0.29, 0.717) is 0 Å². The van der Waals surface area contributed by atoms with Crippen molar-refractivity contribution in [2.45, 2.75) is 311 Å². The van der Waals surface area contributed by atoms with Gasteiger partial charge in [0.15, 0.2) is 0 Å². The van der Waals surface area contributed by atoms with Crippen molar-refractivity contribution in [3.05, 3.63) is 142 Å². The molecule has 0 N–H and O–H groups in total. The third kappa shape index (κ3) is 16.8. The molecule has 0 radical (unpaired) electrons. The minimum Gasteiger partial charge on any atom is -0.340 e. The number of fused-ring (bicyclic) bond motifs is 23. The molecule has 14 heteroatoms. The van der Waals surface area contributed by atoms with Gasteiger partial charge in [0.05, 0.1) is 51.7 Å². The number of aromatic nitrogens is 6. The standard InChI is InChI=1S/C106H122N6S8/c1-7-13-19-25-31-37-49-75-87(53-39-33-27-21-15-9-3)113-99-81-67-89(77-59-57-71(95-97(77)109-119-107-95)69-55-61-85-79(65-69)73-47-41-43-51-83(73)111(85)63-45-35-29-23-17-11-5)115-101(81)103-93(91(75)99)105-106(117-103)94-92-76(50-38-32-26-20-14-8-2)88(54-40-34-28-22-16-10-4)114-100(92)82-68-90(116-102(82)104(94)118-105)78-60-58-72(96-98(78)110-120-108-96)70-56-62-86-80(66-70)74-48-42-44-52-84(74)112(86)64-46-36-30-24-18-12-6/h41-44,47-48,51-52,55-62,65-68H,7-40,45-46,49-50,53-54,63-64H2,1-6H3. The Labute approximate surface area is 743 Å². The van der Waals surface area contributed by atoms with Crippen molar-refractivity contribution in [3.63, 3.8) is 0 Å². The van der Waals surface area contributed by atoms with Gasteiger partial charge in [0.1, 0.15) is 22.1 Å². The summed E-state index contributed by atoms with van der Waals surface area (Å²) in [6.07, 6.45) is 51.4. The van der Waals surface area contributed by atoms with Crippen LogP contribution in [-0.4, -0.2) is 26.6 Å². The van der Waals surface area contributed by atoms with Gasteiger partial charge in [-0.1, -0.05) is 307 Å². The highest BCUT2D eigenvalue weighted by Crippen LogP contribution is 2.60. The van der Waals surface area contributed by atoms with Crippen molar-refractivity contribution < 1.29 is 0 Å². The molecular weight excluding hydrogens is 1610 g/mol. The maximum atomic E-state index is 5.31. The Morgan fingerprint density at radius 3 is 0.942 bits per heavy atom. The average Bonchev–Trinajstić information content (AvgIpc) is 1.52. The van der Waals surface area contributed by atoms with Crippen LogP contribution in [0, 0.1) is 0 Å². The van der Waals surface area contributed by atoms with Crippen molar-refractivity contribution in [2.75, 3.05) is 0 Å². The van der Waals surface area contributed by atoms with E-state index < -0.39 is 0 Å². The lowest BCUT2D eigenvalue weighted by atomic mass is 9.96. The SMILES string of the molecule is CCCCCCCCc1sc2c3cc(-c4ccc(-c5ccc6c(c5)c5ccccc5n6CCCCCCCC)c5nsnc45)sc3c3sc4c(sc5c6sc(-c7ccc(-c8ccc9c(c8)c8ccccc8n9CCCCCCCC)c8nsnc78)cc6c6sc(CCCCCCCC)c(CCCCCCCC)c6c54)c3c2c1CCCCCCCC. The molecule has 624 valence electrons. The second-order valence-corrected chi connectivity index (χ2v) is 42.5. The number of thiophene rings is 6. The van der Waals surface area contributed by atoms with Gasteiger partial charge in [-0.15, -0.1) is 68.0 Å². The predicted octanol–water partition coefficient (Wildman–Crippen LogP) is 37.4. The highest BCUT2D eigenvalue weighted by Gasteiger charge is 2.31. The topological polar surface area (TPSA) is 61.4 Å². The minimum absolute atomic E-state index is 1.01. The van der Waals surface area contributed by atoms with Crippen molar-refractivity contribution >= 4 is 227 Å². The summed E-state index contributed by atoms with van der Waals surface area (Å²) in [5, 5.41) is 14.4. The Morgan fingerprint density at radius 1 is 0.242 bits per heavy atom. The van der Waals surface area contributed by atoms with Crippen LogP contribution in [0.5, 0.6) is 0 Å². The van der Waals surface area contributed by atoms with E-state index in [4.69, 9.17) is 17.5 Å². The van der Waals surface area contributed by atoms with Gasteiger partial charge in [-0.3, -0.25) is 0 Å². The lowest BCUT2D eigenvalue weighted by molar-refractivity contribution is 0.571. The Bertz CT molecular complexity index is 6190. The highest BCUT2D eigenvalue weighted by atomic mass is 32.1. The van der Waals surface area contributed by atoms with Crippen molar-refractivity contribution in [2.24, 2.45) is 0 Å². The Balaban J connectivity index is 0.813. The second-order valence-electron chi connectivity index (χ2n) is 35.0. The molecule has 10 aromatic heterocycles. The fraction of sp³-hybridized carbons (Fsp3) is 0.453. The van der Waals surface area contributed by atoms with Gasteiger partial charge in [0.25, 0.3) is 0 Å². The van der Waals surface area contributed by atoms with E-state index in [1.807, 2.05) is 22.7 Å². The summed E-state index contributed by atoms with van der Waals surface area (Å²) in [7, 11) is 0. The van der Waals surface area contributed by atoms with Crippen LogP contribution in [-0.2, 0) is 38.8 Å². The molecule has 0 spiro atoms. The molecule has 6 nitrogen and oxygen atoms in total. The first-order chi connectivity index (χ1) is 59.4. The van der Waals surface area contributed by atoms with Crippen LogP contribution in [0.15, 0.2) is 121 Å². The molecular formula is C106H122N6S8. The predicted molar refractivity (Wildman–Crippen MR) is 541 cm³/mol. The molecule has 10 heterocycles. The van der Waals surface area contributed by atoms with Gasteiger partial charge in [-0.25, -0.2) is 0 Å². The normalized spacial score (nSPS) is 12.5. The number of aryl methyl sites for hydroxylation is 6. The molecule has 0 aliphatic carbocycles. The molecule has 0 bridgehead atoms. The quantitative estimate of drug-likeness (QED) is 0.0357. The van der Waals surface area contributed by atoms with E-state index in [1.165, 1.54) is 379 Å². The van der Waals surface area contributed by atoms with Gasteiger partial charge in [-0.2, -0.15) is 17.5 Å². The zero-order chi connectivity index (χ0) is 81.4. The van der Waals surface area contributed by atoms with E-state index in [2.05, 4.69) is 217 Å². The fourth-order valence-corrected chi connectivity index (χ4v) is 29.9. The molecule has 0 amide bonds. The van der Waals surface area contributed by atoms with E-state index in [9.17, 15) is 0 Å². The van der Waals surface area contributed by atoms with Crippen LogP contribution >= 0.6 is 91.5 Å². The summed E-state index contributed by atoms with van der Waals surface area (Å²) in [5.74, 6) is 0. The third-order valence-corrected chi connectivity index (χ3v) is 35.6. The summed E-state index contributed by atoms with van der Waals surface area (Å²) >= 11 is 15.5. The average molecular weight is 1740 g/mol. The number of para-hydroxylation sites is 2. The van der Waals surface area contributed by atoms with Gasteiger partial charge in [0, 0.05) is 140 Å². The Kier molecular flexibility index (Phi) is 27.6. The fourth-order valence-electron chi connectivity index (χ4n) is 20.2. The number of rotatable bonds is 46. The molecule has 18 aromatic rings. The zero-order valence-corrected chi connectivity index (χ0v) is 78.7. The largest absolute Gasteiger partial charge is 0.340 e.